The van der Waals surface area contributed by atoms with Gasteiger partial charge >= 0.3 is 0 Å². The molecule has 0 spiro atoms. The van der Waals surface area contributed by atoms with Gasteiger partial charge in [-0.25, -0.2) is 0 Å². The highest BCUT2D eigenvalue weighted by Crippen LogP contribution is 2.39. The number of benzene rings is 2. The van der Waals surface area contributed by atoms with Crippen LogP contribution in [0.25, 0.3) is 5.76 Å². The molecule has 1 atom stereocenters. The van der Waals surface area contributed by atoms with Gasteiger partial charge in [0.05, 0.1) is 25.3 Å². The van der Waals surface area contributed by atoms with Gasteiger partial charge < -0.3 is 19.5 Å². The third-order valence-corrected chi connectivity index (χ3v) is 4.83. The minimum absolute atomic E-state index is 0.0788. The Morgan fingerprint density at radius 1 is 1.04 bits per heavy atom. The van der Waals surface area contributed by atoms with Crippen molar-refractivity contribution in [2.75, 3.05) is 27.4 Å². The fourth-order valence-electron chi connectivity index (χ4n) is 3.30. The van der Waals surface area contributed by atoms with Crippen LogP contribution < -0.4 is 4.74 Å². The molecule has 6 heteroatoms. The Hall–Kier alpha value is -3.12. The maximum absolute atomic E-state index is 12.8. The number of methoxy groups -OCH3 is 2. The molecular formula is C22H23NO5. The predicted molar refractivity (Wildman–Crippen MR) is 105 cm³/mol. The molecule has 1 amide bonds. The Kier molecular flexibility index (Phi) is 5.80. The van der Waals surface area contributed by atoms with Crippen LogP contribution in [0.1, 0.15) is 22.7 Å². The number of carbonyl (C=O) groups excluding carboxylic acids is 2. The number of likely N-dealkylation sites (tertiary alicyclic amines) is 1. The van der Waals surface area contributed by atoms with Crippen molar-refractivity contribution >= 4 is 17.4 Å². The number of rotatable bonds is 6. The van der Waals surface area contributed by atoms with Crippen LogP contribution in [0.15, 0.2) is 54.1 Å². The first-order valence-electron chi connectivity index (χ1n) is 8.96. The second-order valence-electron chi connectivity index (χ2n) is 6.62. The predicted octanol–water partition coefficient (Wildman–Crippen LogP) is 3.07. The van der Waals surface area contributed by atoms with Crippen molar-refractivity contribution < 1.29 is 24.2 Å². The van der Waals surface area contributed by atoms with E-state index in [1.165, 1.54) is 12.0 Å². The van der Waals surface area contributed by atoms with Crippen molar-refractivity contribution in [2.45, 2.75) is 13.0 Å². The molecule has 0 saturated carbocycles. The molecule has 0 radical (unpaired) electrons. The first-order valence-corrected chi connectivity index (χ1v) is 8.96. The van der Waals surface area contributed by atoms with Crippen LogP contribution in [-0.4, -0.2) is 49.1 Å². The zero-order chi connectivity index (χ0) is 20.3. The first-order chi connectivity index (χ1) is 13.5. The number of aryl methyl sites for hydroxylation is 1. The van der Waals surface area contributed by atoms with Crippen LogP contribution in [0.4, 0.5) is 0 Å². The lowest BCUT2D eigenvalue weighted by Crippen LogP contribution is -2.32. The summed E-state index contributed by atoms with van der Waals surface area (Å²) in [6, 6.07) is 13.6. The van der Waals surface area contributed by atoms with Crippen LogP contribution in [0, 0.1) is 6.92 Å². The van der Waals surface area contributed by atoms with E-state index < -0.39 is 17.7 Å². The summed E-state index contributed by atoms with van der Waals surface area (Å²) >= 11 is 0. The molecule has 28 heavy (non-hydrogen) atoms. The summed E-state index contributed by atoms with van der Waals surface area (Å²) in [7, 11) is 3.10. The van der Waals surface area contributed by atoms with E-state index in [-0.39, 0.29) is 24.5 Å². The zero-order valence-corrected chi connectivity index (χ0v) is 16.1. The Morgan fingerprint density at radius 2 is 1.68 bits per heavy atom. The minimum atomic E-state index is -0.699. The number of ketones is 1. The molecule has 2 aromatic rings. The van der Waals surface area contributed by atoms with Crippen molar-refractivity contribution in [1.82, 2.24) is 4.90 Å². The van der Waals surface area contributed by atoms with E-state index in [2.05, 4.69) is 0 Å². The number of aliphatic hydroxyl groups excluding tert-OH is 1. The lowest BCUT2D eigenvalue weighted by molar-refractivity contribution is -0.140. The maximum Gasteiger partial charge on any atom is 0.295 e. The number of nitrogens with zero attached hydrogens (tertiary/aromatic N) is 1. The normalized spacial score (nSPS) is 18.5. The van der Waals surface area contributed by atoms with E-state index in [9.17, 15) is 14.7 Å². The second-order valence-corrected chi connectivity index (χ2v) is 6.62. The van der Waals surface area contributed by atoms with Crippen LogP contribution in [-0.2, 0) is 14.3 Å². The molecule has 1 aliphatic rings. The highest BCUT2D eigenvalue weighted by molar-refractivity contribution is 6.46. The molecule has 6 nitrogen and oxygen atoms in total. The van der Waals surface area contributed by atoms with Gasteiger partial charge in [0, 0.05) is 19.2 Å². The molecule has 0 aromatic heterocycles. The molecule has 1 fully saturated rings. The summed E-state index contributed by atoms with van der Waals surface area (Å²) < 4.78 is 10.3. The van der Waals surface area contributed by atoms with Crippen molar-refractivity contribution in [1.29, 1.82) is 0 Å². The highest BCUT2D eigenvalue weighted by Gasteiger charge is 2.45. The summed E-state index contributed by atoms with van der Waals surface area (Å²) in [6.07, 6.45) is 0. The molecule has 1 N–H and O–H groups in total. The Morgan fingerprint density at radius 3 is 2.25 bits per heavy atom. The van der Waals surface area contributed by atoms with E-state index in [1.807, 2.05) is 19.1 Å². The average Bonchev–Trinajstić information content (AvgIpc) is 2.97. The number of carbonyl (C=O) groups is 2. The lowest BCUT2D eigenvalue weighted by Gasteiger charge is -2.25. The van der Waals surface area contributed by atoms with Gasteiger partial charge in [0.15, 0.2) is 0 Å². The smallest absolute Gasteiger partial charge is 0.295 e. The second kappa shape index (κ2) is 8.27. The SMILES string of the molecule is COCCN1C(=O)C(=O)C(=C(O)c2ccc(C)cc2)[C@@H]1c1ccc(OC)cc1. The maximum atomic E-state index is 12.8. The van der Waals surface area contributed by atoms with Crippen LogP contribution in [0.5, 0.6) is 5.75 Å². The topological polar surface area (TPSA) is 76.1 Å². The Bertz CT molecular complexity index is 900. The van der Waals surface area contributed by atoms with Crippen LogP contribution >= 0.6 is 0 Å². The molecule has 1 saturated heterocycles. The Balaban J connectivity index is 2.13. The van der Waals surface area contributed by atoms with Crippen molar-refractivity contribution in [3.05, 3.63) is 70.8 Å². The van der Waals surface area contributed by atoms with Crippen molar-refractivity contribution in [2.24, 2.45) is 0 Å². The van der Waals surface area contributed by atoms with Crippen molar-refractivity contribution in [3.63, 3.8) is 0 Å². The summed E-state index contributed by atoms with van der Waals surface area (Å²) in [5.74, 6) is -0.864. The van der Waals surface area contributed by atoms with E-state index in [4.69, 9.17) is 9.47 Å². The van der Waals surface area contributed by atoms with Gasteiger partial charge in [-0.1, -0.05) is 42.0 Å². The number of ether oxygens (including phenoxy) is 2. The molecule has 1 aliphatic heterocycles. The number of aliphatic hydroxyl groups is 1. The fourth-order valence-corrected chi connectivity index (χ4v) is 3.30. The molecular weight excluding hydrogens is 358 g/mol. The van der Waals surface area contributed by atoms with Gasteiger partial charge in [-0.05, 0) is 24.6 Å². The van der Waals surface area contributed by atoms with E-state index >= 15 is 0 Å². The first kappa shape index (κ1) is 19.6. The summed E-state index contributed by atoms with van der Waals surface area (Å²) in [5, 5.41) is 10.9. The van der Waals surface area contributed by atoms with Gasteiger partial charge in [-0.15, -0.1) is 0 Å². The third kappa shape index (κ3) is 3.64. The third-order valence-electron chi connectivity index (χ3n) is 4.83. The van der Waals surface area contributed by atoms with E-state index in [0.29, 0.717) is 16.9 Å². The van der Waals surface area contributed by atoms with Crippen molar-refractivity contribution in [3.8, 4) is 5.75 Å². The van der Waals surface area contributed by atoms with E-state index in [0.717, 1.165) is 5.56 Å². The standard InChI is InChI=1S/C22H23NO5/c1-14-4-6-16(7-5-14)20(24)18-19(15-8-10-17(28-3)11-9-15)23(12-13-27-2)22(26)21(18)25/h4-11,19,24H,12-13H2,1-3H3/t19-/m0/s1. The monoisotopic (exact) mass is 381 g/mol. The van der Waals surface area contributed by atoms with Crippen LogP contribution in [0.3, 0.4) is 0 Å². The van der Waals surface area contributed by atoms with Gasteiger partial charge in [0.1, 0.15) is 11.5 Å². The molecule has 0 bridgehead atoms. The highest BCUT2D eigenvalue weighted by atomic mass is 16.5. The quantitative estimate of drug-likeness (QED) is 0.473. The molecule has 3 rings (SSSR count). The van der Waals surface area contributed by atoms with Gasteiger partial charge in [0.2, 0.25) is 0 Å². The summed E-state index contributed by atoms with van der Waals surface area (Å²) in [6.45, 7) is 2.46. The largest absolute Gasteiger partial charge is 0.507 e. The minimum Gasteiger partial charge on any atom is -0.507 e. The van der Waals surface area contributed by atoms with Gasteiger partial charge in [-0.2, -0.15) is 0 Å². The van der Waals surface area contributed by atoms with Gasteiger partial charge in [0.25, 0.3) is 11.7 Å². The molecule has 2 aromatic carbocycles. The van der Waals surface area contributed by atoms with Crippen LogP contribution in [0.2, 0.25) is 0 Å². The molecule has 0 aliphatic carbocycles. The fraction of sp³-hybridized carbons (Fsp3) is 0.273. The van der Waals surface area contributed by atoms with Gasteiger partial charge in [-0.3, -0.25) is 9.59 Å². The van der Waals surface area contributed by atoms with E-state index in [1.54, 1.807) is 43.5 Å². The molecule has 0 unspecified atom stereocenters. The molecule has 1 heterocycles. The number of Topliss-reactive ketones (excluding diaryl/α,β-unsaturated/α-hetero) is 1. The summed E-state index contributed by atoms with van der Waals surface area (Å²) in [4.78, 5) is 26.9. The average molecular weight is 381 g/mol. The number of hydrogen-bond acceptors (Lipinski definition) is 5. The number of hydrogen-bond donors (Lipinski definition) is 1. The zero-order valence-electron chi connectivity index (χ0n) is 16.1. The summed E-state index contributed by atoms with van der Waals surface area (Å²) in [5.41, 5.74) is 2.32. The Labute approximate surface area is 164 Å². The lowest BCUT2D eigenvalue weighted by atomic mass is 9.95. The number of amides is 1. The molecule has 146 valence electrons.